The van der Waals surface area contributed by atoms with Crippen molar-refractivity contribution in [3.63, 3.8) is 0 Å². The number of benzene rings is 5. The van der Waals surface area contributed by atoms with Crippen molar-refractivity contribution in [1.29, 1.82) is 0 Å². The van der Waals surface area contributed by atoms with E-state index in [4.69, 9.17) is 32.2 Å². The van der Waals surface area contributed by atoms with Gasteiger partial charge in [0, 0.05) is 0 Å². The molecule has 1 aliphatic rings. The first-order valence-electron chi connectivity index (χ1n) is 18.0. The molecule has 6 rings (SSSR count). The van der Waals surface area contributed by atoms with Crippen LogP contribution in [0.15, 0.2) is 146 Å². The average molecular weight is 789 g/mol. The highest BCUT2D eigenvalue weighted by atomic mass is 35.5. The van der Waals surface area contributed by atoms with Gasteiger partial charge in [0.15, 0.2) is 0 Å². The number of carbonyl (C=O) groups excluding carboxylic acids is 3. The van der Waals surface area contributed by atoms with Gasteiger partial charge in [0.1, 0.15) is 29.4 Å². The molecule has 0 spiro atoms. The van der Waals surface area contributed by atoms with Gasteiger partial charge in [-0.25, -0.2) is 9.59 Å². The Balaban J connectivity index is 0.000000278. The number of ether oxygens (including phenoxy) is 3. The summed E-state index contributed by atoms with van der Waals surface area (Å²) < 4.78 is 15.7. The van der Waals surface area contributed by atoms with Crippen LogP contribution in [0.4, 0.5) is 0 Å². The van der Waals surface area contributed by atoms with Gasteiger partial charge in [0.05, 0.1) is 24.0 Å². The van der Waals surface area contributed by atoms with Crippen molar-refractivity contribution in [1.82, 2.24) is 10.2 Å². The standard InChI is InChI=1S/C31H31ClN2O3S.C15H14O3/c1-5-21-38-28-25(27(35)34(28)26(32)29(36)37-30(2,3)4)33-31(22-15-9-6-10-16-22,23-17-11-7-12-18-23)24-19-13-8-14-20-24;1-17-14-9-7-12(8-10-14)11-18-15(16)13-5-3-2-4-6-13/h1,6-20,25-26,28,33H,21H2,2-4H3;2-10H,11H2,1H3. The fourth-order valence-electron chi connectivity index (χ4n) is 6.21. The number of likely N-dealkylation sites (tertiary alicyclic amines) is 1. The zero-order chi connectivity index (χ0) is 40.1. The Labute approximate surface area is 338 Å². The van der Waals surface area contributed by atoms with E-state index in [0.29, 0.717) is 11.3 Å². The number of carbonyl (C=O) groups is 3. The van der Waals surface area contributed by atoms with Crippen LogP contribution in [0.2, 0.25) is 0 Å². The van der Waals surface area contributed by atoms with Crippen molar-refractivity contribution in [2.45, 2.75) is 55.4 Å². The van der Waals surface area contributed by atoms with Crippen molar-refractivity contribution in [3.05, 3.63) is 173 Å². The zero-order valence-corrected chi connectivity index (χ0v) is 33.3. The summed E-state index contributed by atoms with van der Waals surface area (Å²) in [5.74, 6) is 2.48. The highest BCUT2D eigenvalue weighted by Crippen LogP contribution is 2.42. The van der Waals surface area contributed by atoms with Crippen molar-refractivity contribution < 1.29 is 28.6 Å². The maximum absolute atomic E-state index is 13.7. The van der Waals surface area contributed by atoms with Crippen LogP contribution in [0.3, 0.4) is 0 Å². The molecule has 5 aromatic carbocycles. The second-order valence-corrected chi connectivity index (χ2v) is 15.3. The van der Waals surface area contributed by atoms with E-state index in [-0.39, 0.29) is 18.5 Å². The Morgan fingerprint density at radius 2 is 1.29 bits per heavy atom. The molecule has 0 bridgehead atoms. The highest BCUT2D eigenvalue weighted by Gasteiger charge is 2.55. The number of hydrogen-bond donors (Lipinski definition) is 1. The number of terminal acetylenes is 1. The van der Waals surface area contributed by atoms with E-state index < -0.39 is 34.0 Å². The summed E-state index contributed by atoms with van der Waals surface area (Å²) in [6.07, 6.45) is 5.58. The molecule has 1 amide bonds. The third kappa shape index (κ3) is 10.2. The molecule has 0 aromatic heterocycles. The first kappa shape index (κ1) is 41.6. The van der Waals surface area contributed by atoms with E-state index in [0.717, 1.165) is 28.0 Å². The Morgan fingerprint density at radius 1 is 0.804 bits per heavy atom. The Kier molecular flexibility index (Phi) is 14.4. The number of nitrogens with one attached hydrogen (secondary N) is 1. The fraction of sp³-hybridized carbons (Fsp3) is 0.239. The lowest BCUT2D eigenvalue weighted by Crippen LogP contribution is -2.74. The topological polar surface area (TPSA) is 94.2 Å². The van der Waals surface area contributed by atoms with Crippen LogP contribution in [-0.4, -0.2) is 58.1 Å². The molecule has 1 fully saturated rings. The molecule has 288 valence electrons. The van der Waals surface area contributed by atoms with E-state index in [1.165, 1.54) is 16.7 Å². The summed E-state index contributed by atoms with van der Waals surface area (Å²) in [6, 6.07) is 45.7. The average Bonchev–Trinajstić information content (AvgIpc) is 3.22. The first-order valence-corrected chi connectivity index (χ1v) is 19.5. The molecular formula is C46H45ClN2O6S. The van der Waals surface area contributed by atoms with Gasteiger partial charge in [0.2, 0.25) is 11.4 Å². The van der Waals surface area contributed by atoms with E-state index >= 15 is 0 Å². The van der Waals surface area contributed by atoms with Gasteiger partial charge in [-0.2, -0.15) is 0 Å². The molecule has 56 heavy (non-hydrogen) atoms. The third-order valence-corrected chi connectivity index (χ3v) is 10.4. The van der Waals surface area contributed by atoms with E-state index in [1.54, 1.807) is 40.0 Å². The van der Waals surface area contributed by atoms with Gasteiger partial charge in [-0.05, 0) is 67.3 Å². The third-order valence-electron chi connectivity index (χ3n) is 8.79. The second kappa shape index (κ2) is 19.4. The molecule has 1 aliphatic heterocycles. The number of thioether (sulfide) groups is 1. The molecule has 1 saturated heterocycles. The highest BCUT2D eigenvalue weighted by molar-refractivity contribution is 8.00. The maximum Gasteiger partial charge on any atom is 0.345 e. The van der Waals surface area contributed by atoms with Crippen molar-refractivity contribution in [3.8, 4) is 18.1 Å². The van der Waals surface area contributed by atoms with Crippen molar-refractivity contribution >= 4 is 41.2 Å². The number of β-lactam (4-membered cyclic amide) rings is 1. The van der Waals surface area contributed by atoms with Crippen LogP contribution in [0.5, 0.6) is 5.75 Å². The van der Waals surface area contributed by atoms with Gasteiger partial charge >= 0.3 is 11.9 Å². The van der Waals surface area contributed by atoms with Crippen molar-refractivity contribution in [2.24, 2.45) is 0 Å². The SMILES string of the molecule is C#CCSC1C(NC(c2ccccc2)(c2ccccc2)c2ccccc2)C(=O)N1C(Cl)C(=O)OC(C)(C)C.COc1ccc(COC(=O)c2ccccc2)cc1. The minimum absolute atomic E-state index is 0.262. The fourth-order valence-corrected chi connectivity index (χ4v) is 7.57. The largest absolute Gasteiger partial charge is 0.497 e. The van der Waals surface area contributed by atoms with Gasteiger partial charge in [-0.3, -0.25) is 10.1 Å². The molecule has 3 unspecified atom stereocenters. The molecule has 10 heteroatoms. The summed E-state index contributed by atoms with van der Waals surface area (Å²) in [5, 5.41) is 3.22. The maximum atomic E-state index is 13.7. The number of nitrogens with zero attached hydrogens (tertiary/aromatic N) is 1. The lowest BCUT2D eigenvalue weighted by Gasteiger charge is -2.52. The van der Waals surface area contributed by atoms with Crippen LogP contribution in [0, 0.1) is 12.3 Å². The predicted molar refractivity (Wildman–Crippen MR) is 222 cm³/mol. The van der Waals surface area contributed by atoms with E-state index in [2.05, 4.69) is 11.2 Å². The first-order chi connectivity index (χ1) is 27.0. The molecule has 5 aromatic rings. The monoisotopic (exact) mass is 788 g/mol. The van der Waals surface area contributed by atoms with Crippen LogP contribution >= 0.6 is 23.4 Å². The summed E-state index contributed by atoms with van der Waals surface area (Å²) in [4.78, 5) is 39.6. The van der Waals surface area contributed by atoms with Gasteiger partial charge in [-0.15, -0.1) is 18.2 Å². The molecule has 1 N–H and O–H groups in total. The second-order valence-electron chi connectivity index (χ2n) is 13.8. The summed E-state index contributed by atoms with van der Waals surface area (Å²) in [7, 11) is 1.62. The van der Waals surface area contributed by atoms with Crippen LogP contribution in [-0.2, 0) is 31.2 Å². The summed E-state index contributed by atoms with van der Waals surface area (Å²) in [5.41, 5.74) is 1.54. The Morgan fingerprint density at radius 3 is 1.73 bits per heavy atom. The minimum Gasteiger partial charge on any atom is -0.497 e. The van der Waals surface area contributed by atoms with Gasteiger partial charge in [-0.1, -0.05) is 139 Å². The number of rotatable bonds is 13. The quantitative estimate of drug-likeness (QED) is 0.0318. The number of alkyl halides is 1. The molecule has 3 atom stereocenters. The molecule has 0 radical (unpaired) electrons. The molecule has 1 heterocycles. The normalized spacial score (nSPS) is 15.6. The lowest BCUT2D eigenvalue weighted by molar-refractivity contribution is -0.167. The lowest BCUT2D eigenvalue weighted by atomic mass is 9.76. The minimum atomic E-state index is -1.27. The molecule has 8 nitrogen and oxygen atoms in total. The van der Waals surface area contributed by atoms with Gasteiger partial charge in [0.25, 0.3) is 0 Å². The Bertz CT molecular complexity index is 1980. The molecule has 0 aliphatic carbocycles. The smallest absolute Gasteiger partial charge is 0.345 e. The zero-order valence-electron chi connectivity index (χ0n) is 31.8. The number of methoxy groups -OCH3 is 1. The number of halogens is 1. The number of esters is 2. The summed E-state index contributed by atoms with van der Waals surface area (Å²) >= 11 is 7.92. The Hall–Kier alpha value is -5.53. The van der Waals surface area contributed by atoms with E-state index in [1.807, 2.05) is 133 Å². The van der Waals surface area contributed by atoms with Crippen LogP contribution in [0.1, 0.15) is 53.4 Å². The predicted octanol–water partition coefficient (Wildman–Crippen LogP) is 8.43. The van der Waals surface area contributed by atoms with Gasteiger partial charge < -0.3 is 19.1 Å². The molecule has 0 saturated carbocycles. The van der Waals surface area contributed by atoms with E-state index in [9.17, 15) is 14.4 Å². The number of hydrogen-bond acceptors (Lipinski definition) is 8. The van der Waals surface area contributed by atoms with Crippen LogP contribution < -0.4 is 10.1 Å². The molecular weight excluding hydrogens is 744 g/mol. The number of amides is 1. The summed E-state index contributed by atoms with van der Waals surface area (Å²) in [6.45, 7) is 5.54. The van der Waals surface area contributed by atoms with Crippen molar-refractivity contribution in [2.75, 3.05) is 12.9 Å². The van der Waals surface area contributed by atoms with Crippen LogP contribution in [0.25, 0.3) is 0 Å².